The van der Waals surface area contributed by atoms with E-state index in [1.807, 2.05) is 66.7 Å². The van der Waals surface area contributed by atoms with E-state index in [1.165, 1.54) is 11.1 Å². The summed E-state index contributed by atoms with van der Waals surface area (Å²) in [6.07, 6.45) is 0. The molecule has 0 saturated carbocycles. The minimum Gasteiger partial charge on any atom is -0.492 e. The van der Waals surface area contributed by atoms with Crippen LogP contribution in [0.3, 0.4) is 0 Å². The number of ether oxygens (including phenoxy) is 1. The molecular weight excluding hydrogens is 337 g/mol. The Morgan fingerprint density at radius 1 is 0.815 bits per heavy atom. The molecule has 0 radical (unpaired) electrons. The maximum absolute atomic E-state index is 14.1. The van der Waals surface area contributed by atoms with E-state index in [-0.39, 0.29) is 12.1 Å². The number of rotatable bonds is 9. The van der Waals surface area contributed by atoms with Crippen molar-refractivity contribution in [2.75, 3.05) is 13.3 Å². The Morgan fingerprint density at radius 3 is 1.96 bits per heavy atom. The highest BCUT2D eigenvalue weighted by atomic mass is 19.1. The Balaban J connectivity index is 1.80. The normalized spacial score (nSPS) is 13.3. The van der Waals surface area contributed by atoms with Crippen LogP contribution < -0.4 is 4.74 Å². The van der Waals surface area contributed by atoms with Gasteiger partial charge < -0.3 is 4.74 Å². The molecule has 0 spiro atoms. The number of benzene rings is 3. The minimum absolute atomic E-state index is 0.0755. The van der Waals surface area contributed by atoms with Gasteiger partial charge in [0.25, 0.3) is 0 Å². The van der Waals surface area contributed by atoms with Gasteiger partial charge in [0.2, 0.25) is 0 Å². The Hall–Kier alpha value is -2.65. The van der Waals surface area contributed by atoms with Crippen LogP contribution in [0.15, 0.2) is 91.0 Å². The summed E-state index contributed by atoms with van der Waals surface area (Å²) < 4.78 is 19.9. The molecule has 3 aromatic rings. The highest BCUT2D eigenvalue weighted by molar-refractivity contribution is 5.22. The number of nitrogens with zero attached hydrogens (tertiary/aromatic N) is 1. The zero-order valence-corrected chi connectivity index (χ0v) is 15.7. The van der Waals surface area contributed by atoms with Crippen molar-refractivity contribution in [3.8, 4) is 5.75 Å². The van der Waals surface area contributed by atoms with Crippen molar-refractivity contribution in [1.29, 1.82) is 0 Å². The number of para-hydroxylation sites is 1. The van der Waals surface area contributed by atoms with Gasteiger partial charge >= 0.3 is 0 Å². The molecule has 0 saturated heterocycles. The Morgan fingerprint density at radius 2 is 1.37 bits per heavy atom. The third-order valence-corrected chi connectivity index (χ3v) is 4.82. The maximum Gasteiger partial charge on any atom is 0.119 e. The molecule has 0 aliphatic rings. The molecule has 0 fully saturated rings. The van der Waals surface area contributed by atoms with Gasteiger partial charge in [-0.25, -0.2) is 4.39 Å². The Kier molecular flexibility index (Phi) is 7.00. The molecule has 0 amide bonds. The van der Waals surface area contributed by atoms with Gasteiger partial charge in [-0.3, -0.25) is 4.90 Å². The van der Waals surface area contributed by atoms with Crippen LogP contribution in [0.4, 0.5) is 4.39 Å². The van der Waals surface area contributed by atoms with Gasteiger partial charge in [0.15, 0.2) is 0 Å². The molecular formula is C24H26FNO. The molecule has 27 heavy (non-hydrogen) atoms. The zero-order valence-electron chi connectivity index (χ0n) is 15.7. The fourth-order valence-electron chi connectivity index (χ4n) is 3.24. The molecule has 3 aromatic carbocycles. The Labute approximate surface area is 161 Å². The lowest BCUT2D eigenvalue weighted by atomic mass is 10.0. The van der Waals surface area contributed by atoms with E-state index in [9.17, 15) is 4.39 Å². The lowest BCUT2D eigenvalue weighted by molar-refractivity contribution is 0.0727. The third kappa shape index (κ3) is 5.41. The van der Waals surface area contributed by atoms with Gasteiger partial charge in [0, 0.05) is 12.6 Å². The first-order valence-electron chi connectivity index (χ1n) is 9.36. The molecule has 140 valence electrons. The van der Waals surface area contributed by atoms with Crippen LogP contribution >= 0.6 is 0 Å². The van der Waals surface area contributed by atoms with Crippen molar-refractivity contribution in [3.63, 3.8) is 0 Å². The Bertz CT molecular complexity index is 779. The predicted molar refractivity (Wildman–Crippen MR) is 109 cm³/mol. The fourth-order valence-corrected chi connectivity index (χ4v) is 3.24. The summed E-state index contributed by atoms with van der Waals surface area (Å²) in [6.45, 7) is 2.65. The summed E-state index contributed by atoms with van der Waals surface area (Å²) in [5, 5.41) is 0. The second-order valence-corrected chi connectivity index (χ2v) is 6.68. The van der Waals surface area contributed by atoms with Gasteiger partial charge in [0.1, 0.15) is 19.0 Å². The maximum atomic E-state index is 14.1. The summed E-state index contributed by atoms with van der Waals surface area (Å²) >= 11 is 0. The monoisotopic (exact) mass is 363 g/mol. The van der Waals surface area contributed by atoms with Crippen molar-refractivity contribution < 1.29 is 9.13 Å². The standard InChI is InChI=1S/C24H26FNO/c1-20(22-13-7-3-8-14-22)26(18-21-11-5-2-6-12-21)23(17-25)19-27-24-15-9-4-10-16-24/h2-16,20,23H,17-19H2,1H3/t20-,23-/m1/s1. The van der Waals surface area contributed by atoms with Crippen molar-refractivity contribution in [2.45, 2.75) is 25.6 Å². The molecule has 2 nitrogen and oxygen atoms in total. The van der Waals surface area contributed by atoms with Crippen molar-refractivity contribution in [2.24, 2.45) is 0 Å². The number of hydrogen-bond donors (Lipinski definition) is 0. The first-order valence-corrected chi connectivity index (χ1v) is 9.36. The summed E-state index contributed by atoms with van der Waals surface area (Å²) in [6, 6.07) is 29.8. The highest BCUT2D eigenvalue weighted by Crippen LogP contribution is 2.25. The second-order valence-electron chi connectivity index (χ2n) is 6.68. The molecule has 0 unspecified atom stereocenters. The summed E-state index contributed by atoms with van der Waals surface area (Å²) in [4.78, 5) is 2.19. The smallest absolute Gasteiger partial charge is 0.119 e. The van der Waals surface area contributed by atoms with Crippen LogP contribution in [0.1, 0.15) is 24.1 Å². The van der Waals surface area contributed by atoms with Gasteiger partial charge in [-0.05, 0) is 30.2 Å². The molecule has 0 bridgehead atoms. The highest BCUT2D eigenvalue weighted by Gasteiger charge is 2.25. The molecule has 0 N–H and O–H groups in total. The zero-order chi connectivity index (χ0) is 18.9. The van der Waals surface area contributed by atoms with E-state index in [0.29, 0.717) is 13.2 Å². The van der Waals surface area contributed by atoms with E-state index in [2.05, 4.69) is 36.1 Å². The van der Waals surface area contributed by atoms with Crippen LogP contribution in [-0.2, 0) is 6.54 Å². The van der Waals surface area contributed by atoms with Crippen LogP contribution in [0.25, 0.3) is 0 Å². The summed E-state index contributed by atoms with van der Waals surface area (Å²) in [5.41, 5.74) is 2.34. The van der Waals surface area contributed by atoms with Gasteiger partial charge in [-0.15, -0.1) is 0 Å². The molecule has 0 heterocycles. The lowest BCUT2D eigenvalue weighted by Crippen LogP contribution is -2.42. The number of hydrogen-bond acceptors (Lipinski definition) is 2. The van der Waals surface area contributed by atoms with E-state index in [0.717, 1.165) is 5.75 Å². The third-order valence-electron chi connectivity index (χ3n) is 4.82. The van der Waals surface area contributed by atoms with E-state index >= 15 is 0 Å². The van der Waals surface area contributed by atoms with Crippen LogP contribution in [0.2, 0.25) is 0 Å². The predicted octanol–water partition coefficient (Wildman–Crippen LogP) is 5.67. The molecule has 0 aliphatic heterocycles. The van der Waals surface area contributed by atoms with Gasteiger partial charge in [0.05, 0.1) is 6.04 Å². The van der Waals surface area contributed by atoms with E-state index in [1.54, 1.807) is 0 Å². The van der Waals surface area contributed by atoms with Crippen molar-refractivity contribution in [3.05, 3.63) is 102 Å². The second kappa shape index (κ2) is 9.89. The average molecular weight is 363 g/mol. The topological polar surface area (TPSA) is 12.5 Å². The number of alkyl halides is 1. The van der Waals surface area contributed by atoms with Gasteiger partial charge in [-0.2, -0.15) is 0 Å². The number of halogens is 1. The van der Waals surface area contributed by atoms with Crippen LogP contribution in [0.5, 0.6) is 5.75 Å². The molecule has 3 heteroatoms. The van der Waals surface area contributed by atoms with Crippen molar-refractivity contribution in [1.82, 2.24) is 4.90 Å². The van der Waals surface area contributed by atoms with Gasteiger partial charge in [-0.1, -0.05) is 78.9 Å². The van der Waals surface area contributed by atoms with Crippen LogP contribution in [0, 0.1) is 0 Å². The largest absolute Gasteiger partial charge is 0.492 e. The van der Waals surface area contributed by atoms with Crippen LogP contribution in [-0.4, -0.2) is 24.2 Å². The van der Waals surface area contributed by atoms with E-state index in [4.69, 9.17) is 4.74 Å². The summed E-state index contributed by atoms with van der Waals surface area (Å²) in [5.74, 6) is 0.767. The SMILES string of the molecule is C[C@H](c1ccccc1)N(Cc1ccccc1)[C@H](CF)COc1ccccc1. The molecule has 2 atom stereocenters. The van der Waals surface area contributed by atoms with Crippen molar-refractivity contribution >= 4 is 0 Å². The van der Waals surface area contributed by atoms with E-state index < -0.39 is 6.67 Å². The fraction of sp³-hybridized carbons (Fsp3) is 0.250. The first kappa shape index (κ1) is 19.1. The summed E-state index contributed by atoms with van der Waals surface area (Å²) in [7, 11) is 0. The average Bonchev–Trinajstić information content (AvgIpc) is 2.75. The minimum atomic E-state index is -0.461. The lowest BCUT2D eigenvalue weighted by Gasteiger charge is -2.35. The molecule has 0 aliphatic carbocycles. The molecule has 0 aromatic heterocycles. The quantitative estimate of drug-likeness (QED) is 0.486. The first-order chi connectivity index (χ1) is 13.3. The molecule has 3 rings (SSSR count).